The van der Waals surface area contributed by atoms with Crippen LogP contribution in [0.25, 0.3) is 0 Å². The van der Waals surface area contributed by atoms with Crippen molar-refractivity contribution in [2.45, 2.75) is 162 Å². The van der Waals surface area contributed by atoms with Crippen molar-refractivity contribution in [2.75, 3.05) is 0 Å². The molecule has 11 nitrogen and oxygen atoms in total. The van der Waals surface area contributed by atoms with Gasteiger partial charge in [-0.3, -0.25) is 9.80 Å². The minimum absolute atomic E-state index is 0.0649. The molecule has 2 amide bonds. The van der Waals surface area contributed by atoms with Gasteiger partial charge in [0.1, 0.15) is 40.7 Å². The maximum absolute atomic E-state index is 12.5. The van der Waals surface area contributed by atoms with Gasteiger partial charge in [0.05, 0.1) is 0 Å². The van der Waals surface area contributed by atoms with Crippen LogP contribution in [-0.4, -0.2) is 85.8 Å². The molecular weight excluding hydrogens is 544 g/mol. The third-order valence-electron chi connectivity index (χ3n) is 5.86. The molecule has 0 aromatic carbocycles. The number of aliphatic hydroxyl groups is 1. The fourth-order valence-electron chi connectivity index (χ4n) is 4.46. The molecule has 0 aliphatic carbocycles. The Labute approximate surface area is 251 Å². The van der Waals surface area contributed by atoms with Crippen molar-refractivity contribution in [2.24, 2.45) is 0 Å². The van der Waals surface area contributed by atoms with Crippen molar-refractivity contribution in [1.82, 2.24) is 9.80 Å². The van der Waals surface area contributed by atoms with Crippen molar-refractivity contribution >= 4 is 24.1 Å². The first-order valence-corrected chi connectivity index (χ1v) is 14.6. The van der Waals surface area contributed by atoms with Crippen molar-refractivity contribution in [1.29, 1.82) is 0 Å². The van der Waals surface area contributed by atoms with Gasteiger partial charge in [-0.1, -0.05) is 6.08 Å². The maximum atomic E-state index is 12.5. The highest BCUT2D eigenvalue weighted by atomic mass is 16.6. The van der Waals surface area contributed by atoms with Gasteiger partial charge >= 0.3 is 24.1 Å². The van der Waals surface area contributed by atoms with Gasteiger partial charge in [-0.05, 0) is 115 Å². The highest BCUT2D eigenvalue weighted by Crippen LogP contribution is 2.31. The molecule has 1 N–H and O–H groups in total. The maximum Gasteiger partial charge on any atom is 0.413 e. The minimum Gasteiger partial charge on any atom is -0.458 e. The smallest absolute Gasteiger partial charge is 0.413 e. The van der Waals surface area contributed by atoms with Crippen LogP contribution in [0, 0.1) is 0 Å². The summed E-state index contributed by atoms with van der Waals surface area (Å²) in [4.78, 5) is 51.7. The number of hydrogen-bond donors (Lipinski definition) is 1. The topological polar surface area (TPSA) is 132 Å². The summed E-state index contributed by atoms with van der Waals surface area (Å²) in [6.07, 6.45) is 2.27. The molecule has 0 spiro atoms. The van der Waals surface area contributed by atoms with Gasteiger partial charge in [0, 0.05) is 6.04 Å². The van der Waals surface area contributed by atoms with Crippen molar-refractivity contribution < 1.29 is 43.2 Å². The zero-order chi connectivity index (χ0) is 32.8. The molecular formula is C31H54N2O9. The molecule has 2 heterocycles. The summed E-state index contributed by atoms with van der Waals surface area (Å²) in [5.74, 6) is -0.884. The van der Waals surface area contributed by atoms with Crippen LogP contribution in [-0.2, 0) is 28.5 Å². The van der Waals surface area contributed by atoms with E-state index in [-0.39, 0.29) is 12.0 Å². The molecule has 2 aliphatic heterocycles. The molecule has 2 saturated heterocycles. The molecule has 0 saturated carbocycles. The van der Waals surface area contributed by atoms with Crippen molar-refractivity contribution in [3.63, 3.8) is 0 Å². The second kappa shape index (κ2) is 14.1. The third kappa shape index (κ3) is 12.6. The molecule has 242 valence electrons. The number of rotatable bonds is 4. The van der Waals surface area contributed by atoms with Crippen LogP contribution >= 0.6 is 0 Å². The summed E-state index contributed by atoms with van der Waals surface area (Å²) < 4.78 is 21.4. The Morgan fingerprint density at radius 2 is 1.00 bits per heavy atom. The average molecular weight is 599 g/mol. The Morgan fingerprint density at radius 1 is 0.643 bits per heavy atom. The zero-order valence-corrected chi connectivity index (χ0v) is 27.7. The van der Waals surface area contributed by atoms with E-state index in [1.54, 1.807) is 47.6 Å². The van der Waals surface area contributed by atoms with Crippen LogP contribution < -0.4 is 0 Å². The number of ether oxygens (including phenoxy) is 4. The summed E-state index contributed by atoms with van der Waals surface area (Å²) >= 11 is 0. The van der Waals surface area contributed by atoms with E-state index in [2.05, 4.69) is 6.58 Å². The molecule has 42 heavy (non-hydrogen) atoms. The first kappa shape index (κ1) is 37.2. The van der Waals surface area contributed by atoms with E-state index in [0.717, 1.165) is 11.3 Å². The second-order valence-electron chi connectivity index (χ2n) is 14.7. The molecule has 2 unspecified atom stereocenters. The molecule has 4 atom stereocenters. The Bertz CT molecular complexity index is 967. The molecule has 2 aliphatic rings. The number of nitrogens with zero attached hydrogens (tertiary/aromatic N) is 2. The number of hydrogen-bond acceptors (Lipinski definition) is 9. The molecule has 0 aromatic rings. The quantitative estimate of drug-likeness (QED) is 0.245. The van der Waals surface area contributed by atoms with Gasteiger partial charge in [-0.25, -0.2) is 19.2 Å². The molecule has 0 bridgehead atoms. The highest BCUT2D eigenvalue weighted by Gasteiger charge is 2.45. The van der Waals surface area contributed by atoms with Gasteiger partial charge in [-0.2, -0.15) is 0 Å². The number of carbonyl (C=O) groups excluding carboxylic acids is 4. The van der Waals surface area contributed by atoms with Crippen molar-refractivity contribution in [3.05, 3.63) is 12.7 Å². The predicted octanol–water partition coefficient (Wildman–Crippen LogP) is 5.72. The summed E-state index contributed by atoms with van der Waals surface area (Å²) in [5, 5.41) is 9.89. The van der Waals surface area contributed by atoms with E-state index in [1.807, 2.05) is 41.5 Å². The van der Waals surface area contributed by atoms with Gasteiger partial charge in [-0.15, -0.1) is 6.58 Å². The summed E-state index contributed by atoms with van der Waals surface area (Å²) in [7, 11) is 0. The lowest BCUT2D eigenvalue weighted by Crippen LogP contribution is -2.48. The Hall–Kier alpha value is -2.82. The second-order valence-corrected chi connectivity index (χ2v) is 14.7. The normalized spacial score (nSPS) is 23.0. The largest absolute Gasteiger partial charge is 0.458 e. The summed E-state index contributed by atoms with van der Waals surface area (Å²) in [6, 6.07) is -1.44. The Balaban J connectivity index is 0.000000422. The predicted molar refractivity (Wildman–Crippen MR) is 158 cm³/mol. The van der Waals surface area contributed by atoms with Crippen LogP contribution in [0.5, 0.6) is 0 Å². The van der Waals surface area contributed by atoms with Crippen LogP contribution in [0.3, 0.4) is 0 Å². The molecule has 2 fully saturated rings. The molecule has 11 heteroatoms. The van der Waals surface area contributed by atoms with Crippen LogP contribution in [0.4, 0.5) is 9.59 Å². The lowest BCUT2D eigenvalue weighted by atomic mass is 10.1. The monoisotopic (exact) mass is 598 g/mol. The van der Waals surface area contributed by atoms with Crippen LogP contribution in [0.15, 0.2) is 12.7 Å². The number of aliphatic hydroxyl groups excluding tert-OH is 1. The average Bonchev–Trinajstić information content (AvgIpc) is 3.33. The first-order valence-electron chi connectivity index (χ1n) is 14.6. The van der Waals surface area contributed by atoms with E-state index in [0.29, 0.717) is 25.7 Å². The van der Waals surface area contributed by atoms with Crippen LogP contribution in [0.1, 0.15) is 115 Å². The number of likely N-dealkylation sites (tertiary alicyclic amines) is 2. The van der Waals surface area contributed by atoms with Crippen molar-refractivity contribution in [3.8, 4) is 0 Å². The molecule has 0 radical (unpaired) electrons. The van der Waals surface area contributed by atoms with E-state index >= 15 is 0 Å². The van der Waals surface area contributed by atoms with Crippen LogP contribution in [0.2, 0.25) is 0 Å². The number of carbonyl (C=O) groups is 4. The fraction of sp³-hybridized carbons (Fsp3) is 0.806. The minimum atomic E-state index is -1.01. The Morgan fingerprint density at radius 3 is 1.38 bits per heavy atom. The van der Waals surface area contributed by atoms with Gasteiger partial charge in [0.25, 0.3) is 0 Å². The van der Waals surface area contributed by atoms with Gasteiger partial charge in [0.15, 0.2) is 0 Å². The lowest BCUT2D eigenvalue weighted by molar-refractivity contribution is -0.162. The standard InChI is InChI=1S/C17H29NO4.C14H25NO5/c1-8-9-12-10-11-13(14(19)21-16(2,3)4)18(12)15(20)22-17(5,6)7;1-13(2,3)19-11(17)9-7-8-10(16)15(9)12(18)20-14(4,5)6/h8,12-13H,1,9-11H2,2-7H3;9-10,16H,7-8H2,1-6H3/t12?,13-;9-,10?/m00/s1. The lowest BCUT2D eigenvalue weighted by Gasteiger charge is -2.32. The number of amides is 2. The zero-order valence-electron chi connectivity index (χ0n) is 27.7. The molecule has 0 aromatic heterocycles. The fourth-order valence-corrected chi connectivity index (χ4v) is 4.46. The van der Waals surface area contributed by atoms with E-state index in [4.69, 9.17) is 18.9 Å². The summed E-state index contributed by atoms with van der Waals surface area (Å²) in [6.45, 7) is 25.1. The van der Waals surface area contributed by atoms with E-state index in [1.165, 1.54) is 4.90 Å². The van der Waals surface area contributed by atoms with Gasteiger partial charge in [0.2, 0.25) is 0 Å². The first-order chi connectivity index (χ1) is 18.8. The highest BCUT2D eigenvalue weighted by molar-refractivity contribution is 5.83. The number of esters is 2. The Kier molecular flexibility index (Phi) is 12.5. The summed E-state index contributed by atoms with van der Waals surface area (Å²) in [5.41, 5.74) is -2.49. The van der Waals surface area contributed by atoms with E-state index in [9.17, 15) is 24.3 Å². The SMILES string of the molecule is C=CCC1CC[C@@H](C(=O)OC(C)(C)C)N1C(=O)OC(C)(C)C.CC(C)(C)OC(=O)[C@@H]1CCC(O)N1C(=O)OC(C)(C)C. The third-order valence-corrected chi connectivity index (χ3v) is 5.86. The molecule has 2 rings (SSSR count). The van der Waals surface area contributed by atoms with E-state index < -0.39 is 58.9 Å². The van der Waals surface area contributed by atoms with Gasteiger partial charge < -0.3 is 24.1 Å².